The summed E-state index contributed by atoms with van der Waals surface area (Å²) in [6.45, 7) is 2.68. The Morgan fingerprint density at radius 2 is 2.00 bits per heavy atom. The number of aromatic nitrogens is 1. The fourth-order valence-corrected chi connectivity index (χ4v) is 2.46. The van der Waals surface area contributed by atoms with Crippen LogP contribution in [0, 0.1) is 6.92 Å². The fraction of sp³-hybridized carbons (Fsp3) is 0.118. The van der Waals surface area contributed by atoms with Crippen LogP contribution in [0.25, 0.3) is 21.9 Å². The Balaban J connectivity index is 2.29. The van der Waals surface area contributed by atoms with Gasteiger partial charge in [-0.05, 0) is 52.8 Å². The first-order valence-electron chi connectivity index (χ1n) is 6.41. The van der Waals surface area contributed by atoms with Gasteiger partial charge in [0.1, 0.15) is 0 Å². The van der Waals surface area contributed by atoms with Gasteiger partial charge in [0, 0.05) is 24.3 Å². The minimum absolute atomic E-state index is 0.569. The van der Waals surface area contributed by atoms with E-state index in [-0.39, 0.29) is 0 Å². The molecule has 0 amide bonds. The van der Waals surface area contributed by atoms with Crippen molar-refractivity contribution in [3.63, 3.8) is 0 Å². The monoisotopic (exact) mass is 248 g/mol. The third-order valence-electron chi connectivity index (χ3n) is 3.37. The molecule has 0 saturated carbocycles. The largest absolute Gasteiger partial charge is 0.326 e. The first kappa shape index (κ1) is 11.9. The smallest absolute Gasteiger partial charge is 0.0346 e. The maximum atomic E-state index is 5.73. The molecule has 0 radical (unpaired) electrons. The Labute approximate surface area is 112 Å². The maximum absolute atomic E-state index is 5.73. The highest BCUT2D eigenvalue weighted by Gasteiger charge is 2.05. The predicted molar refractivity (Wildman–Crippen MR) is 79.8 cm³/mol. The highest BCUT2D eigenvalue weighted by Crippen LogP contribution is 2.30. The number of fused-ring (bicyclic) bond motifs is 1. The molecule has 2 N–H and O–H groups in total. The Bertz CT molecular complexity index is 732. The number of pyridine rings is 1. The van der Waals surface area contributed by atoms with Crippen LogP contribution in [-0.4, -0.2) is 4.98 Å². The number of benzene rings is 2. The lowest BCUT2D eigenvalue weighted by atomic mass is 9.96. The summed E-state index contributed by atoms with van der Waals surface area (Å²) < 4.78 is 0. The molecule has 0 fully saturated rings. The minimum atomic E-state index is 0.569. The van der Waals surface area contributed by atoms with Crippen LogP contribution < -0.4 is 5.73 Å². The van der Waals surface area contributed by atoms with E-state index in [1.54, 1.807) is 0 Å². The zero-order valence-electron chi connectivity index (χ0n) is 10.9. The van der Waals surface area contributed by atoms with Crippen molar-refractivity contribution in [3.05, 3.63) is 66.0 Å². The molecule has 0 atom stereocenters. The van der Waals surface area contributed by atoms with Crippen molar-refractivity contribution in [1.82, 2.24) is 4.98 Å². The van der Waals surface area contributed by atoms with Crippen molar-refractivity contribution in [2.45, 2.75) is 13.5 Å². The van der Waals surface area contributed by atoms with Gasteiger partial charge in [-0.25, -0.2) is 0 Å². The molecule has 0 saturated heterocycles. The van der Waals surface area contributed by atoms with E-state index in [4.69, 9.17) is 5.73 Å². The zero-order chi connectivity index (χ0) is 13.2. The van der Waals surface area contributed by atoms with Gasteiger partial charge in [0.05, 0.1) is 0 Å². The lowest BCUT2D eigenvalue weighted by molar-refractivity contribution is 1.07. The summed E-state index contributed by atoms with van der Waals surface area (Å²) in [7, 11) is 0. The van der Waals surface area contributed by atoms with Gasteiger partial charge in [-0.1, -0.05) is 24.3 Å². The zero-order valence-corrected chi connectivity index (χ0v) is 10.9. The molecule has 2 aromatic carbocycles. The van der Waals surface area contributed by atoms with E-state index < -0.39 is 0 Å². The average molecular weight is 248 g/mol. The molecule has 3 aromatic rings. The minimum Gasteiger partial charge on any atom is -0.326 e. The van der Waals surface area contributed by atoms with Gasteiger partial charge >= 0.3 is 0 Å². The van der Waals surface area contributed by atoms with Crippen LogP contribution in [0.3, 0.4) is 0 Å². The Morgan fingerprint density at radius 3 is 2.84 bits per heavy atom. The first-order valence-corrected chi connectivity index (χ1v) is 6.41. The van der Waals surface area contributed by atoms with E-state index in [0.717, 1.165) is 5.56 Å². The van der Waals surface area contributed by atoms with E-state index in [9.17, 15) is 0 Å². The molecule has 94 valence electrons. The molecule has 0 spiro atoms. The van der Waals surface area contributed by atoms with E-state index in [1.165, 1.54) is 27.5 Å². The number of rotatable bonds is 2. The van der Waals surface area contributed by atoms with Gasteiger partial charge in [-0.15, -0.1) is 0 Å². The highest BCUT2D eigenvalue weighted by molar-refractivity contribution is 5.96. The molecule has 2 nitrogen and oxygen atoms in total. The standard InChI is InChI=1S/C17H16N2/c1-12-7-15-11-19-6-5-16(15)17(8-12)14-4-2-3-13(9-14)10-18/h2-9,11H,10,18H2,1H3. The highest BCUT2D eigenvalue weighted by atomic mass is 14.6. The van der Waals surface area contributed by atoms with Crippen LogP contribution in [0.1, 0.15) is 11.1 Å². The third kappa shape index (κ3) is 2.23. The third-order valence-corrected chi connectivity index (χ3v) is 3.37. The lowest BCUT2D eigenvalue weighted by Gasteiger charge is -2.09. The SMILES string of the molecule is Cc1cc(-c2cccc(CN)c2)c2ccncc2c1. The number of nitrogens with two attached hydrogens (primary N) is 1. The lowest BCUT2D eigenvalue weighted by Crippen LogP contribution is -1.96. The van der Waals surface area contributed by atoms with Gasteiger partial charge in [-0.2, -0.15) is 0 Å². The van der Waals surface area contributed by atoms with Gasteiger partial charge in [0.2, 0.25) is 0 Å². The molecule has 0 unspecified atom stereocenters. The average Bonchev–Trinajstić information content (AvgIpc) is 2.46. The van der Waals surface area contributed by atoms with Crippen molar-refractivity contribution < 1.29 is 0 Å². The number of hydrogen-bond donors (Lipinski definition) is 1. The van der Waals surface area contributed by atoms with Gasteiger partial charge < -0.3 is 5.73 Å². The molecule has 3 rings (SSSR count). The Morgan fingerprint density at radius 1 is 1.11 bits per heavy atom. The van der Waals surface area contributed by atoms with Gasteiger partial charge in [0.15, 0.2) is 0 Å². The molecule has 0 aliphatic rings. The predicted octanol–water partition coefficient (Wildman–Crippen LogP) is 3.67. The summed E-state index contributed by atoms with van der Waals surface area (Å²) in [5.41, 5.74) is 10.6. The number of aryl methyl sites for hydroxylation is 1. The summed E-state index contributed by atoms with van der Waals surface area (Å²) in [5, 5.41) is 2.41. The molecule has 19 heavy (non-hydrogen) atoms. The number of hydrogen-bond acceptors (Lipinski definition) is 2. The second kappa shape index (κ2) is 4.82. The molecule has 1 aromatic heterocycles. The van der Waals surface area contributed by atoms with E-state index in [2.05, 4.69) is 54.4 Å². The maximum Gasteiger partial charge on any atom is 0.0346 e. The van der Waals surface area contributed by atoms with Crippen LogP contribution in [0.4, 0.5) is 0 Å². The molecule has 0 aliphatic carbocycles. The molecule has 1 heterocycles. The number of nitrogens with zero attached hydrogens (tertiary/aromatic N) is 1. The van der Waals surface area contributed by atoms with Crippen LogP contribution in [-0.2, 0) is 6.54 Å². The quantitative estimate of drug-likeness (QED) is 0.751. The van der Waals surface area contributed by atoms with Crippen LogP contribution >= 0.6 is 0 Å². The van der Waals surface area contributed by atoms with Crippen molar-refractivity contribution >= 4 is 10.8 Å². The summed E-state index contributed by atoms with van der Waals surface area (Å²) in [5.74, 6) is 0. The Hall–Kier alpha value is -2.19. The molecule has 0 aliphatic heterocycles. The summed E-state index contributed by atoms with van der Waals surface area (Å²) in [6.07, 6.45) is 3.76. The van der Waals surface area contributed by atoms with E-state index in [0.29, 0.717) is 6.54 Å². The molecule has 0 bridgehead atoms. The molecular weight excluding hydrogens is 232 g/mol. The Kier molecular flexibility index (Phi) is 3.02. The first-order chi connectivity index (χ1) is 9.28. The van der Waals surface area contributed by atoms with Crippen molar-refractivity contribution in [3.8, 4) is 11.1 Å². The van der Waals surface area contributed by atoms with Crippen LogP contribution in [0.2, 0.25) is 0 Å². The normalized spacial score (nSPS) is 10.8. The van der Waals surface area contributed by atoms with Gasteiger partial charge in [0.25, 0.3) is 0 Å². The van der Waals surface area contributed by atoms with E-state index >= 15 is 0 Å². The second-order valence-corrected chi connectivity index (χ2v) is 4.81. The van der Waals surface area contributed by atoms with Crippen molar-refractivity contribution in [1.29, 1.82) is 0 Å². The molecular formula is C17H16N2. The summed E-state index contributed by atoms with van der Waals surface area (Å²) in [4.78, 5) is 4.20. The van der Waals surface area contributed by atoms with Crippen molar-refractivity contribution in [2.75, 3.05) is 0 Å². The van der Waals surface area contributed by atoms with Crippen LogP contribution in [0.15, 0.2) is 54.9 Å². The fourth-order valence-electron chi connectivity index (χ4n) is 2.46. The summed E-state index contributed by atoms with van der Waals surface area (Å²) in [6, 6.07) is 14.9. The topological polar surface area (TPSA) is 38.9 Å². The molecule has 2 heteroatoms. The van der Waals surface area contributed by atoms with Gasteiger partial charge in [-0.3, -0.25) is 4.98 Å². The second-order valence-electron chi connectivity index (χ2n) is 4.81. The van der Waals surface area contributed by atoms with E-state index in [1.807, 2.05) is 12.4 Å². The van der Waals surface area contributed by atoms with Crippen LogP contribution in [0.5, 0.6) is 0 Å². The summed E-state index contributed by atoms with van der Waals surface area (Å²) >= 11 is 0. The van der Waals surface area contributed by atoms with Crippen molar-refractivity contribution in [2.24, 2.45) is 5.73 Å².